The highest BCUT2D eigenvalue weighted by molar-refractivity contribution is 6.44. The summed E-state index contributed by atoms with van der Waals surface area (Å²) in [5.74, 6) is -0.544. The summed E-state index contributed by atoms with van der Waals surface area (Å²) in [6.07, 6.45) is 4.78. The van der Waals surface area contributed by atoms with E-state index in [0.29, 0.717) is 25.1 Å². The van der Waals surface area contributed by atoms with Crippen molar-refractivity contribution in [1.82, 2.24) is 4.90 Å². The Morgan fingerprint density at radius 2 is 2.09 bits per heavy atom. The van der Waals surface area contributed by atoms with Gasteiger partial charge in [0.1, 0.15) is 23.7 Å². The number of nitrogens with zero attached hydrogens (tertiary/aromatic N) is 1. The lowest BCUT2D eigenvalue weighted by molar-refractivity contribution is 0.0688. The number of hydrogen-bond acceptors (Lipinski definition) is 5. The molecule has 1 aromatic rings. The molecule has 2 heterocycles. The van der Waals surface area contributed by atoms with Gasteiger partial charge in [-0.05, 0) is 50.3 Å². The smallest absolute Gasteiger partial charge is 0.522 e. The third kappa shape index (κ3) is 3.79. The number of aromatic carboxylic acids is 1. The molecule has 0 atom stereocenters. The number of benzene rings is 1. The highest BCUT2D eigenvalue weighted by Crippen LogP contribution is 2.36. The van der Waals surface area contributed by atoms with Gasteiger partial charge in [0.15, 0.2) is 0 Å². The first-order valence-corrected chi connectivity index (χ1v) is 8.24. The molecule has 0 spiro atoms. The van der Waals surface area contributed by atoms with Gasteiger partial charge in [-0.2, -0.15) is 0 Å². The van der Waals surface area contributed by atoms with Crippen molar-refractivity contribution in [1.29, 1.82) is 0 Å². The number of rotatable bonds is 5. The molecule has 0 aliphatic carbocycles. The Morgan fingerprint density at radius 3 is 2.83 bits per heavy atom. The van der Waals surface area contributed by atoms with Crippen LogP contribution in [0.25, 0.3) is 0 Å². The van der Waals surface area contributed by atoms with Crippen LogP contribution >= 0.6 is 0 Å². The third-order valence-electron chi connectivity index (χ3n) is 4.44. The quantitative estimate of drug-likeness (QED) is 0.804. The molecular formula is C16H22BNO5. The van der Waals surface area contributed by atoms with Crippen LogP contribution in [0.4, 0.5) is 0 Å². The molecule has 0 radical (unpaired) electrons. The van der Waals surface area contributed by atoms with E-state index in [1.54, 1.807) is 6.07 Å². The summed E-state index contributed by atoms with van der Waals surface area (Å²) < 4.78 is 11.1. The average Bonchev–Trinajstić information content (AvgIpc) is 2.55. The van der Waals surface area contributed by atoms with E-state index in [1.807, 2.05) is 6.07 Å². The molecule has 2 N–H and O–H groups in total. The number of ether oxygens (including phenoxy) is 1. The van der Waals surface area contributed by atoms with Crippen molar-refractivity contribution in [2.24, 2.45) is 0 Å². The number of carboxylic acids is 1. The monoisotopic (exact) mass is 319 g/mol. The largest absolute Gasteiger partial charge is 0.535 e. The van der Waals surface area contributed by atoms with Crippen LogP contribution < -0.4 is 9.39 Å². The highest BCUT2D eigenvalue weighted by Gasteiger charge is 2.30. The predicted octanol–water partition coefficient (Wildman–Crippen LogP) is 1.66. The number of carbonyl (C=O) groups is 1. The van der Waals surface area contributed by atoms with Crippen LogP contribution in [0.5, 0.6) is 11.5 Å². The van der Waals surface area contributed by atoms with E-state index in [9.17, 15) is 14.9 Å². The van der Waals surface area contributed by atoms with E-state index in [2.05, 4.69) is 4.90 Å². The number of hydrogen-bond donors (Lipinski definition) is 2. The normalized spacial score (nSPS) is 18.2. The second-order valence-corrected chi connectivity index (χ2v) is 6.09. The second kappa shape index (κ2) is 7.23. The molecule has 2 aliphatic heterocycles. The Labute approximate surface area is 136 Å². The van der Waals surface area contributed by atoms with Gasteiger partial charge >= 0.3 is 13.1 Å². The van der Waals surface area contributed by atoms with E-state index in [0.717, 1.165) is 25.2 Å². The van der Waals surface area contributed by atoms with Crippen molar-refractivity contribution in [3.05, 3.63) is 23.3 Å². The van der Waals surface area contributed by atoms with Gasteiger partial charge in [-0.15, -0.1) is 0 Å². The van der Waals surface area contributed by atoms with Crippen LogP contribution in [0, 0.1) is 0 Å². The minimum Gasteiger partial charge on any atom is -0.535 e. The number of aryl methyl sites for hydroxylation is 1. The zero-order chi connectivity index (χ0) is 16.2. The fourth-order valence-electron chi connectivity index (χ4n) is 3.20. The lowest BCUT2D eigenvalue weighted by atomic mass is 9.78. The lowest BCUT2D eigenvalue weighted by Gasteiger charge is -2.27. The van der Waals surface area contributed by atoms with E-state index in [-0.39, 0.29) is 11.3 Å². The minimum absolute atomic E-state index is 0.0138. The SMILES string of the molecule is O=C(O)c1c(OCCN2CCCCC2)ccc2c1OB(O)CC2. The molecule has 7 heteroatoms. The summed E-state index contributed by atoms with van der Waals surface area (Å²) in [5, 5.41) is 19.1. The molecule has 0 saturated carbocycles. The molecule has 3 rings (SSSR count). The number of carboxylic acid groups (broad SMARTS) is 1. The summed E-state index contributed by atoms with van der Waals surface area (Å²) in [6.45, 7) is 3.39. The van der Waals surface area contributed by atoms with Gasteiger partial charge in [-0.25, -0.2) is 4.79 Å². The molecule has 1 aromatic carbocycles. The van der Waals surface area contributed by atoms with Crippen molar-refractivity contribution in [2.75, 3.05) is 26.2 Å². The van der Waals surface area contributed by atoms with Crippen molar-refractivity contribution >= 4 is 13.1 Å². The third-order valence-corrected chi connectivity index (χ3v) is 4.44. The average molecular weight is 319 g/mol. The van der Waals surface area contributed by atoms with E-state index in [1.165, 1.54) is 19.3 Å². The first-order chi connectivity index (χ1) is 11.1. The van der Waals surface area contributed by atoms with Crippen LogP contribution in [-0.4, -0.2) is 54.4 Å². The number of likely N-dealkylation sites (tertiary alicyclic amines) is 1. The van der Waals surface area contributed by atoms with Crippen LogP contribution in [0.3, 0.4) is 0 Å². The van der Waals surface area contributed by atoms with E-state index in [4.69, 9.17) is 9.39 Å². The number of fused-ring (bicyclic) bond motifs is 1. The first-order valence-electron chi connectivity index (χ1n) is 8.24. The van der Waals surface area contributed by atoms with Gasteiger partial charge < -0.3 is 19.5 Å². The molecule has 6 nitrogen and oxygen atoms in total. The van der Waals surface area contributed by atoms with Gasteiger partial charge in [0.05, 0.1) is 0 Å². The van der Waals surface area contributed by atoms with Crippen LogP contribution in [0.2, 0.25) is 6.32 Å². The summed E-state index contributed by atoms with van der Waals surface area (Å²) in [6, 6.07) is 3.52. The zero-order valence-electron chi connectivity index (χ0n) is 13.2. The maximum atomic E-state index is 11.6. The summed E-state index contributed by atoms with van der Waals surface area (Å²) in [5.41, 5.74) is 0.816. The van der Waals surface area contributed by atoms with Gasteiger partial charge in [0.25, 0.3) is 0 Å². The fraction of sp³-hybridized carbons (Fsp3) is 0.562. The Bertz CT molecular complexity index is 574. The van der Waals surface area contributed by atoms with Gasteiger partial charge in [0, 0.05) is 6.54 Å². The molecular weight excluding hydrogens is 297 g/mol. The topological polar surface area (TPSA) is 79.2 Å². The minimum atomic E-state index is -1.09. The van der Waals surface area contributed by atoms with Crippen LogP contribution in [0.15, 0.2) is 12.1 Å². The summed E-state index contributed by atoms with van der Waals surface area (Å²) >= 11 is 0. The summed E-state index contributed by atoms with van der Waals surface area (Å²) in [7, 11) is -0.954. The van der Waals surface area contributed by atoms with E-state index < -0.39 is 13.1 Å². The highest BCUT2D eigenvalue weighted by atomic mass is 16.5. The van der Waals surface area contributed by atoms with Gasteiger partial charge in [-0.1, -0.05) is 12.5 Å². The Hall–Kier alpha value is -1.73. The maximum Gasteiger partial charge on any atom is 0.522 e. The zero-order valence-corrected chi connectivity index (χ0v) is 13.2. The Kier molecular flexibility index (Phi) is 5.08. The van der Waals surface area contributed by atoms with Crippen LogP contribution in [-0.2, 0) is 6.42 Å². The first kappa shape index (κ1) is 16.1. The van der Waals surface area contributed by atoms with Crippen molar-refractivity contribution in [3.8, 4) is 11.5 Å². The standard InChI is InChI=1S/C16H22BNO5/c19-16(20)14-13(22-11-10-18-8-2-1-3-9-18)5-4-12-6-7-17(21)23-15(12)14/h4-5,21H,1-3,6-11H2,(H,19,20). The molecule has 0 amide bonds. The number of piperidine rings is 1. The van der Waals surface area contributed by atoms with Gasteiger partial charge in [-0.3, -0.25) is 4.90 Å². The molecule has 23 heavy (non-hydrogen) atoms. The molecule has 1 saturated heterocycles. The summed E-state index contributed by atoms with van der Waals surface area (Å²) in [4.78, 5) is 13.9. The van der Waals surface area contributed by atoms with Crippen molar-refractivity contribution < 1.29 is 24.3 Å². The van der Waals surface area contributed by atoms with Gasteiger partial charge in [0.2, 0.25) is 0 Å². The lowest BCUT2D eigenvalue weighted by Crippen LogP contribution is -2.33. The molecule has 0 unspecified atom stereocenters. The van der Waals surface area contributed by atoms with E-state index >= 15 is 0 Å². The molecule has 2 aliphatic rings. The maximum absolute atomic E-state index is 11.6. The van der Waals surface area contributed by atoms with Crippen LogP contribution in [0.1, 0.15) is 35.2 Å². The predicted molar refractivity (Wildman–Crippen MR) is 86.3 cm³/mol. The van der Waals surface area contributed by atoms with Crippen molar-refractivity contribution in [2.45, 2.75) is 32.0 Å². The Balaban J connectivity index is 1.71. The fourth-order valence-corrected chi connectivity index (χ4v) is 3.20. The molecule has 1 fully saturated rings. The molecule has 0 aromatic heterocycles. The molecule has 124 valence electrons. The van der Waals surface area contributed by atoms with Crippen molar-refractivity contribution in [3.63, 3.8) is 0 Å². The second-order valence-electron chi connectivity index (χ2n) is 6.09. The Morgan fingerprint density at radius 1 is 1.30 bits per heavy atom. The molecule has 0 bridgehead atoms.